The predicted octanol–water partition coefficient (Wildman–Crippen LogP) is 2.45. The summed E-state index contributed by atoms with van der Waals surface area (Å²) in [6, 6.07) is 0. The van der Waals surface area contributed by atoms with Crippen LogP contribution >= 0.6 is 0 Å². The molecule has 0 spiro atoms. The van der Waals surface area contributed by atoms with Crippen LogP contribution in [0, 0.1) is 5.92 Å². The smallest absolute Gasteiger partial charge is 0.330 e. The zero-order valence-electron chi connectivity index (χ0n) is 12.8. The van der Waals surface area contributed by atoms with E-state index in [1.54, 1.807) is 7.05 Å². The van der Waals surface area contributed by atoms with E-state index in [1.165, 1.54) is 11.0 Å². The third-order valence-corrected chi connectivity index (χ3v) is 3.83. The molecule has 0 saturated carbocycles. The number of carbonyl (C=O) groups is 3. The Morgan fingerprint density at radius 2 is 1.86 bits per heavy atom. The molecule has 1 aliphatic rings. The van der Waals surface area contributed by atoms with Gasteiger partial charge in [-0.1, -0.05) is 38.7 Å². The fourth-order valence-corrected chi connectivity index (χ4v) is 2.49. The van der Waals surface area contributed by atoms with Gasteiger partial charge >= 0.3 is 5.97 Å². The average Bonchev–Trinajstić information content (AvgIpc) is 2.72. The van der Waals surface area contributed by atoms with E-state index < -0.39 is 0 Å². The van der Waals surface area contributed by atoms with Crippen LogP contribution in [0.4, 0.5) is 0 Å². The lowest BCUT2D eigenvalue weighted by molar-refractivity contribution is -0.139. The maximum Gasteiger partial charge on any atom is 0.330 e. The average molecular weight is 295 g/mol. The number of ether oxygens (including phenoxy) is 1. The number of amides is 2. The molecule has 1 fully saturated rings. The largest absolute Gasteiger partial charge is 0.463 e. The van der Waals surface area contributed by atoms with Gasteiger partial charge in [-0.05, 0) is 12.8 Å². The maximum absolute atomic E-state index is 11.7. The van der Waals surface area contributed by atoms with Gasteiger partial charge in [0.2, 0.25) is 11.8 Å². The molecule has 0 aliphatic carbocycles. The number of esters is 1. The quantitative estimate of drug-likeness (QED) is 0.269. The lowest BCUT2D eigenvalue weighted by Crippen LogP contribution is -2.25. The molecule has 1 heterocycles. The van der Waals surface area contributed by atoms with Crippen LogP contribution in [0.25, 0.3) is 0 Å². The minimum absolute atomic E-state index is 0.0240. The van der Waals surface area contributed by atoms with Gasteiger partial charge in [-0.2, -0.15) is 0 Å². The topological polar surface area (TPSA) is 63.7 Å². The van der Waals surface area contributed by atoms with Crippen molar-refractivity contribution in [1.29, 1.82) is 0 Å². The molecule has 0 aromatic carbocycles. The zero-order valence-corrected chi connectivity index (χ0v) is 12.8. The van der Waals surface area contributed by atoms with Crippen molar-refractivity contribution >= 4 is 17.8 Å². The van der Waals surface area contributed by atoms with Gasteiger partial charge in [0.05, 0.1) is 6.61 Å². The van der Waals surface area contributed by atoms with Gasteiger partial charge in [-0.15, -0.1) is 0 Å². The predicted molar refractivity (Wildman–Crippen MR) is 79.4 cm³/mol. The minimum Gasteiger partial charge on any atom is -0.463 e. The summed E-state index contributed by atoms with van der Waals surface area (Å²) in [4.78, 5) is 35.1. The van der Waals surface area contributed by atoms with E-state index in [2.05, 4.69) is 6.58 Å². The van der Waals surface area contributed by atoms with Gasteiger partial charge in [-0.3, -0.25) is 14.5 Å². The number of carbonyl (C=O) groups excluding carboxylic acids is 3. The molecular weight excluding hydrogens is 270 g/mol. The van der Waals surface area contributed by atoms with Crippen LogP contribution in [-0.2, 0) is 19.1 Å². The number of hydrogen-bond acceptors (Lipinski definition) is 4. The fraction of sp³-hybridized carbons (Fsp3) is 0.688. The Kier molecular flexibility index (Phi) is 7.72. The Balaban J connectivity index is 1.94. The lowest BCUT2D eigenvalue weighted by atomic mass is 9.99. The number of likely N-dealkylation sites (tertiary alicyclic amines) is 1. The molecular formula is C16H25NO4. The number of nitrogens with zero attached hydrogens (tertiary/aromatic N) is 1. The van der Waals surface area contributed by atoms with Crippen molar-refractivity contribution in [3.05, 3.63) is 12.7 Å². The summed E-state index contributed by atoms with van der Waals surface area (Å²) in [7, 11) is 1.56. The number of imide groups is 1. The molecule has 0 aromatic heterocycles. The molecule has 1 rings (SSSR count). The summed E-state index contributed by atoms with van der Waals surface area (Å²) in [6.45, 7) is 3.79. The van der Waals surface area contributed by atoms with E-state index in [0.717, 1.165) is 44.9 Å². The molecule has 5 nitrogen and oxygen atoms in total. The highest BCUT2D eigenvalue weighted by Gasteiger charge is 2.35. The zero-order chi connectivity index (χ0) is 15.7. The summed E-state index contributed by atoms with van der Waals surface area (Å²) in [5, 5.41) is 0. The number of hydrogen-bond donors (Lipinski definition) is 0. The Morgan fingerprint density at radius 3 is 2.43 bits per heavy atom. The first kappa shape index (κ1) is 17.4. The Hall–Kier alpha value is -1.65. The molecule has 1 unspecified atom stereocenters. The van der Waals surface area contributed by atoms with Crippen molar-refractivity contribution in [3.8, 4) is 0 Å². The summed E-state index contributed by atoms with van der Waals surface area (Å²) in [6.07, 6.45) is 8.55. The second kappa shape index (κ2) is 9.32. The second-order valence-corrected chi connectivity index (χ2v) is 5.47. The lowest BCUT2D eigenvalue weighted by Gasteiger charge is -2.08. The first-order chi connectivity index (χ1) is 10.1. The normalized spacial score (nSPS) is 18.1. The van der Waals surface area contributed by atoms with E-state index in [9.17, 15) is 14.4 Å². The molecule has 0 bridgehead atoms. The van der Waals surface area contributed by atoms with Gasteiger partial charge in [0, 0.05) is 25.5 Å². The first-order valence-corrected chi connectivity index (χ1v) is 7.66. The molecule has 118 valence electrons. The second-order valence-electron chi connectivity index (χ2n) is 5.47. The van der Waals surface area contributed by atoms with E-state index in [4.69, 9.17) is 4.74 Å². The van der Waals surface area contributed by atoms with Gasteiger partial charge in [-0.25, -0.2) is 4.79 Å². The van der Waals surface area contributed by atoms with E-state index in [0.29, 0.717) is 13.0 Å². The van der Waals surface area contributed by atoms with Crippen LogP contribution in [0.5, 0.6) is 0 Å². The first-order valence-electron chi connectivity index (χ1n) is 7.66. The molecule has 2 amide bonds. The van der Waals surface area contributed by atoms with Crippen LogP contribution < -0.4 is 0 Å². The Morgan fingerprint density at radius 1 is 1.24 bits per heavy atom. The van der Waals surface area contributed by atoms with E-state index in [-0.39, 0.29) is 23.7 Å². The van der Waals surface area contributed by atoms with Crippen molar-refractivity contribution in [3.63, 3.8) is 0 Å². The summed E-state index contributed by atoms with van der Waals surface area (Å²) in [5.74, 6) is -0.542. The van der Waals surface area contributed by atoms with Gasteiger partial charge in [0.25, 0.3) is 0 Å². The molecule has 21 heavy (non-hydrogen) atoms. The van der Waals surface area contributed by atoms with Gasteiger partial charge in [0.1, 0.15) is 0 Å². The van der Waals surface area contributed by atoms with Crippen molar-refractivity contribution in [2.45, 2.75) is 51.4 Å². The van der Waals surface area contributed by atoms with Gasteiger partial charge in [0.15, 0.2) is 0 Å². The molecule has 5 heteroatoms. The van der Waals surface area contributed by atoms with Crippen molar-refractivity contribution in [1.82, 2.24) is 4.90 Å². The standard InChI is InChI=1S/C16H25NO4/c1-3-15(19)21-11-9-7-5-4-6-8-10-13-12-14(18)17(2)16(13)20/h3,13H,1,4-12H2,2H3. The monoisotopic (exact) mass is 295 g/mol. The minimum atomic E-state index is -0.365. The van der Waals surface area contributed by atoms with Crippen LogP contribution in [0.3, 0.4) is 0 Å². The maximum atomic E-state index is 11.7. The fourth-order valence-electron chi connectivity index (χ4n) is 2.49. The van der Waals surface area contributed by atoms with Crippen LogP contribution in [0.2, 0.25) is 0 Å². The molecule has 0 N–H and O–H groups in total. The molecule has 1 atom stereocenters. The van der Waals surface area contributed by atoms with Crippen molar-refractivity contribution < 1.29 is 19.1 Å². The van der Waals surface area contributed by atoms with Crippen LogP contribution in [0.15, 0.2) is 12.7 Å². The molecule has 0 radical (unpaired) electrons. The summed E-state index contributed by atoms with van der Waals surface area (Å²) < 4.78 is 4.89. The Labute approximate surface area is 126 Å². The van der Waals surface area contributed by atoms with Crippen LogP contribution in [-0.4, -0.2) is 36.3 Å². The van der Waals surface area contributed by atoms with Crippen molar-refractivity contribution in [2.75, 3.05) is 13.7 Å². The summed E-state index contributed by atoms with van der Waals surface area (Å²) >= 11 is 0. The molecule has 1 aliphatic heterocycles. The number of rotatable bonds is 10. The SMILES string of the molecule is C=CC(=O)OCCCCCCCCC1CC(=O)N(C)C1=O. The van der Waals surface area contributed by atoms with Crippen LogP contribution in [0.1, 0.15) is 51.4 Å². The van der Waals surface area contributed by atoms with E-state index in [1.807, 2.05) is 0 Å². The molecule has 0 aromatic rings. The highest BCUT2D eigenvalue weighted by molar-refractivity contribution is 6.03. The molecule has 1 saturated heterocycles. The highest BCUT2D eigenvalue weighted by atomic mass is 16.5. The third kappa shape index (κ3) is 6.10. The third-order valence-electron chi connectivity index (χ3n) is 3.83. The summed E-state index contributed by atoms with van der Waals surface area (Å²) in [5.41, 5.74) is 0. The Bertz CT molecular complexity index is 392. The van der Waals surface area contributed by atoms with Gasteiger partial charge < -0.3 is 4.74 Å². The van der Waals surface area contributed by atoms with Crippen molar-refractivity contribution in [2.24, 2.45) is 5.92 Å². The number of unbranched alkanes of at least 4 members (excludes halogenated alkanes) is 5. The highest BCUT2D eigenvalue weighted by Crippen LogP contribution is 2.23. The van der Waals surface area contributed by atoms with E-state index >= 15 is 0 Å².